The summed E-state index contributed by atoms with van der Waals surface area (Å²) in [5.41, 5.74) is 2.91. The summed E-state index contributed by atoms with van der Waals surface area (Å²) in [6.07, 6.45) is 10.5. The molecule has 1 unspecified atom stereocenters. The molecular formula is C19H33N. The first-order valence-electron chi connectivity index (χ1n) is 8.61. The first-order chi connectivity index (χ1) is 9.80. The van der Waals surface area contributed by atoms with Crippen LogP contribution in [0.25, 0.3) is 0 Å². The van der Waals surface area contributed by atoms with Crippen molar-refractivity contribution in [3.05, 3.63) is 35.4 Å². The van der Waals surface area contributed by atoms with Crippen LogP contribution in [-0.2, 0) is 12.8 Å². The van der Waals surface area contributed by atoms with Crippen LogP contribution in [0.4, 0.5) is 0 Å². The Balaban J connectivity index is 2.36. The van der Waals surface area contributed by atoms with Crippen LogP contribution in [0.1, 0.15) is 70.4 Å². The minimum atomic E-state index is 0.647. The molecule has 0 saturated carbocycles. The van der Waals surface area contributed by atoms with Crippen LogP contribution in [0.5, 0.6) is 0 Å². The zero-order valence-corrected chi connectivity index (χ0v) is 13.8. The zero-order chi connectivity index (χ0) is 14.6. The molecule has 20 heavy (non-hydrogen) atoms. The number of likely N-dealkylation sites (N-methyl/N-ethyl adjacent to an activating group) is 1. The molecule has 1 nitrogen and oxygen atoms in total. The highest BCUT2D eigenvalue weighted by atomic mass is 14.9. The van der Waals surface area contributed by atoms with E-state index in [-0.39, 0.29) is 0 Å². The van der Waals surface area contributed by atoms with Gasteiger partial charge in [-0.3, -0.25) is 0 Å². The van der Waals surface area contributed by atoms with Crippen molar-refractivity contribution in [2.24, 2.45) is 0 Å². The number of hydrogen-bond acceptors (Lipinski definition) is 1. The molecule has 0 aromatic heterocycles. The quantitative estimate of drug-likeness (QED) is 0.552. The van der Waals surface area contributed by atoms with E-state index < -0.39 is 0 Å². The fourth-order valence-corrected chi connectivity index (χ4v) is 2.75. The maximum atomic E-state index is 3.65. The molecule has 0 heterocycles. The van der Waals surface area contributed by atoms with Crippen LogP contribution >= 0.6 is 0 Å². The number of hydrogen-bond donors (Lipinski definition) is 1. The lowest BCUT2D eigenvalue weighted by Gasteiger charge is -2.18. The van der Waals surface area contributed by atoms with E-state index >= 15 is 0 Å². The lowest BCUT2D eigenvalue weighted by atomic mass is 9.98. The van der Waals surface area contributed by atoms with Crippen LogP contribution < -0.4 is 5.32 Å². The monoisotopic (exact) mass is 275 g/mol. The maximum Gasteiger partial charge on any atom is 0.0107 e. The highest BCUT2D eigenvalue weighted by molar-refractivity contribution is 5.23. The van der Waals surface area contributed by atoms with E-state index in [4.69, 9.17) is 0 Å². The van der Waals surface area contributed by atoms with Crippen LogP contribution in [0.3, 0.4) is 0 Å². The Morgan fingerprint density at radius 1 is 0.850 bits per heavy atom. The van der Waals surface area contributed by atoms with Crippen molar-refractivity contribution in [1.29, 1.82) is 0 Å². The average molecular weight is 275 g/mol. The summed E-state index contributed by atoms with van der Waals surface area (Å²) in [6.45, 7) is 7.78. The number of rotatable bonds is 11. The summed E-state index contributed by atoms with van der Waals surface area (Å²) in [4.78, 5) is 0. The van der Waals surface area contributed by atoms with Gasteiger partial charge in [-0.2, -0.15) is 0 Å². The van der Waals surface area contributed by atoms with Crippen molar-refractivity contribution >= 4 is 0 Å². The Labute approximate surface area is 126 Å². The van der Waals surface area contributed by atoms with Crippen LogP contribution in [0.2, 0.25) is 0 Å². The molecule has 0 saturated heterocycles. The second-order valence-electron chi connectivity index (χ2n) is 5.83. The van der Waals surface area contributed by atoms with Crippen LogP contribution in [0.15, 0.2) is 24.3 Å². The third-order valence-corrected chi connectivity index (χ3v) is 4.06. The van der Waals surface area contributed by atoms with Gasteiger partial charge in [0.2, 0.25) is 0 Å². The minimum absolute atomic E-state index is 0.647. The Bertz CT molecular complexity index is 328. The molecule has 0 amide bonds. The van der Waals surface area contributed by atoms with Crippen LogP contribution in [0, 0.1) is 0 Å². The summed E-state index contributed by atoms with van der Waals surface area (Å²) in [5.74, 6) is 0. The third kappa shape index (κ3) is 7.09. The third-order valence-electron chi connectivity index (χ3n) is 4.06. The number of aryl methyl sites for hydroxylation is 1. The second-order valence-corrected chi connectivity index (χ2v) is 5.83. The molecular weight excluding hydrogens is 242 g/mol. The Morgan fingerprint density at radius 2 is 1.50 bits per heavy atom. The fraction of sp³-hybridized carbons (Fsp3) is 0.684. The lowest BCUT2D eigenvalue weighted by molar-refractivity contribution is 0.461. The largest absolute Gasteiger partial charge is 0.314 e. The van der Waals surface area contributed by atoms with E-state index in [1.165, 1.54) is 56.1 Å². The second kappa shape index (κ2) is 10.9. The topological polar surface area (TPSA) is 12.0 Å². The average Bonchev–Trinajstić information content (AvgIpc) is 2.48. The SMILES string of the molecule is CCCCCCCC(Cc1ccc(CC)cc1)NCC. The van der Waals surface area contributed by atoms with Crippen molar-refractivity contribution in [2.45, 2.75) is 78.2 Å². The Hall–Kier alpha value is -0.820. The summed E-state index contributed by atoms with van der Waals surface area (Å²) in [5, 5.41) is 3.65. The summed E-state index contributed by atoms with van der Waals surface area (Å²) in [6, 6.07) is 9.81. The van der Waals surface area contributed by atoms with Gasteiger partial charge in [-0.1, -0.05) is 77.1 Å². The molecule has 1 heteroatoms. The fourth-order valence-electron chi connectivity index (χ4n) is 2.75. The molecule has 0 fully saturated rings. The minimum Gasteiger partial charge on any atom is -0.314 e. The van der Waals surface area contributed by atoms with Gasteiger partial charge in [-0.15, -0.1) is 0 Å². The smallest absolute Gasteiger partial charge is 0.0107 e. The lowest BCUT2D eigenvalue weighted by Crippen LogP contribution is -2.30. The van der Waals surface area contributed by atoms with Crippen molar-refractivity contribution in [3.63, 3.8) is 0 Å². The number of nitrogens with one attached hydrogen (secondary N) is 1. The molecule has 0 radical (unpaired) electrons. The van der Waals surface area contributed by atoms with Gasteiger partial charge in [-0.25, -0.2) is 0 Å². The van der Waals surface area contributed by atoms with E-state index in [2.05, 4.69) is 50.4 Å². The summed E-state index contributed by atoms with van der Waals surface area (Å²) >= 11 is 0. The van der Waals surface area contributed by atoms with E-state index in [1.54, 1.807) is 0 Å². The molecule has 1 aromatic carbocycles. The first kappa shape index (κ1) is 17.2. The molecule has 114 valence electrons. The summed E-state index contributed by atoms with van der Waals surface area (Å²) < 4.78 is 0. The van der Waals surface area contributed by atoms with Gasteiger partial charge in [-0.05, 0) is 36.9 Å². The van der Waals surface area contributed by atoms with Gasteiger partial charge >= 0.3 is 0 Å². The Morgan fingerprint density at radius 3 is 2.10 bits per heavy atom. The normalized spacial score (nSPS) is 12.6. The van der Waals surface area contributed by atoms with Gasteiger partial charge in [0.25, 0.3) is 0 Å². The Kier molecular flexibility index (Phi) is 9.40. The van der Waals surface area contributed by atoms with Gasteiger partial charge in [0, 0.05) is 6.04 Å². The molecule has 0 spiro atoms. The molecule has 1 atom stereocenters. The standard InChI is InChI=1S/C19H33N/c1-4-7-8-9-10-11-19(20-6-3)16-18-14-12-17(5-2)13-15-18/h12-15,19-20H,4-11,16H2,1-3H3. The highest BCUT2D eigenvalue weighted by Gasteiger charge is 2.08. The number of unbranched alkanes of at least 4 members (excludes halogenated alkanes) is 4. The van der Waals surface area contributed by atoms with Crippen molar-refractivity contribution in [2.75, 3.05) is 6.54 Å². The van der Waals surface area contributed by atoms with Gasteiger partial charge in [0.15, 0.2) is 0 Å². The van der Waals surface area contributed by atoms with Gasteiger partial charge in [0.1, 0.15) is 0 Å². The van der Waals surface area contributed by atoms with Crippen LogP contribution in [-0.4, -0.2) is 12.6 Å². The van der Waals surface area contributed by atoms with Crippen molar-refractivity contribution < 1.29 is 0 Å². The predicted molar refractivity (Wildman–Crippen MR) is 90.4 cm³/mol. The highest BCUT2D eigenvalue weighted by Crippen LogP contribution is 2.13. The van der Waals surface area contributed by atoms with E-state index in [0.717, 1.165) is 13.0 Å². The van der Waals surface area contributed by atoms with Crippen molar-refractivity contribution in [1.82, 2.24) is 5.32 Å². The molecule has 0 aliphatic rings. The zero-order valence-electron chi connectivity index (χ0n) is 13.8. The molecule has 0 bridgehead atoms. The predicted octanol–water partition coefficient (Wildman–Crippen LogP) is 5.13. The molecule has 1 aromatic rings. The van der Waals surface area contributed by atoms with Crippen molar-refractivity contribution in [3.8, 4) is 0 Å². The molecule has 0 aliphatic carbocycles. The van der Waals surface area contributed by atoms with E-state index in [9.17, 15) is 0 Å². The first-order valence-corrected chi connectivity index (χ1v) is 8.61. The molecule has 0 aliphatic heterocycles. The van der Waals surface area contributed by atoms with E-state index in [1.807, 2.05) is 0 Å². The molecule has 1 N–H and O–H groups in total. The molecule has 1 rings (SSSR count). The maximum absolute atomic E-state index is 3.65. The summed E-state index contributed by atoms with van der Waals surface area (Å²) in [7, 11) is 0. The van der Waals surface area contributed by atoms with Gasteiger partial charge < -0.3 is 5.32 Å². The van der Waals surface area contributed by atoms with E-state index in [0.29, 0.717) is 6.04 Å². The number of benzene rings is 1. The van der Waals surface area contributed by atoms with Gasteiger partial charge in [0.05, 0.1) is 0 Å².